The van der Waals surface area contributed by atoms with Gasteiger partial charge in [-0.05, 0) is 49.5 Å². The van der Waals surface area contributed by atoms with Crippen molar-refractivity contribution in [2.24, 2.45) is 23.7 Å². The van der Waals surface area contributed by atoms with Crippen molar-refractivity contribution in [2.75, 3.05) is 6.54 Å². The van der Waals surface area contributed by atoms with E-state index in [1.807, 2.05) is 4.81 Å². The van der Waals surface area contributed by atoms with Crippen LogP contribution in [0.3, 0.4) is 0 Å². The Morgan fingerprint density at radius 2 is 2.12 bits per heavy atom. The van der Waals surface area contributed by atoms with Gasteiger partial charge in [0.2, 0.25) is 0 Å². The lowest BCUT2D eigenvalue weighted by Crippen LogP contribution is -2.43. The van der Waals surface area contributed by atoms with Gasteiger partial charge in [-0.1, -0.05) is 0 Å². The van der Waals surface area contributed by atoms with Gasteiger partial charge in [-0.2, -0.15) is 0 Å². The quantitative estimate of drug-likeness (QED) is 0.536. The Balaban J connectivity index is 1.86. The van der Waals surface area contributed by atoms with Crippen molar-refractivity contribution in [3.8, 4) is 0 Å². The summed E-state index contributed by atoms with van der Waals surface area (Å²) in [5.41, 5.74) is 0. The summed E-state index contributed by atoms with van der Waals surface area (Å²) in [7, 11) is 0.281. The van der Waals surface area contributed by atoms with Crippen LogP contribution in [0, 0.1) is 23.7 Å². The molecule has 5 heteroatoms. The Hall–Kier alpha value is -0.835. The van der Waals surface area contributed by atoms with Crippen molar-refractivity contribution in [3.63, 3.8) is 0 Å². The molecule has 2 aliphatic carbocycles. The molecule has 0 spiro atoms. The second-order valence-corrected chi connectivity index (χ2v) is 5.48. The van der Waals surface area contributed by atoms with E-state index in [0.29, 0.717) is 17.8 Å². The molecule has 1 N–H and O–H groups in total. The van der Waals surface area contributed by atoms with Gasteiger partial charge in [-0.25, -0.2) is 0 Å². The predicted molar refractivity (Wildman–Crippen MR) is 59.8 cm³/mol. The van der Waals surface area contributed by atoms with Crippen LogP contribution in [0.15, 0.2) is 0 Å². The van der Waals surface area contributed by atoms with Gasteiger partial charge in [-0.15, -0.1) is 0 Å². The molecule has 1 heterocycles. The molecule has 3 rings (SSSR count). The summed E-state index contributed by atoms with van der Waals surface area (Å²) in [6, 6.07) is -0.398. The second kappa shape index (κ2) is 3.59. The minimum absolute atomic E-state index is 0.281. The van der Waals surface area contributed by atoms with E-state index < -0.39 is 12.0 Å². The van der Waals surface area contributed by atoms with Crippen LogP contribution in [0.5, 0.6) is 0 Å². The number of fused-ring (bicyclic) bond motifs is 5. The molecule has 4 nitrogen and oxygen atoms in total. The number of hydrogen-bond acceptors (Lipinski definition) is 3. The van der Waals surface area contributed by atoms with Crippen molar-refractivity contribution in [2.45, 2.75) is 25.3 Å². The monoisotopic (exact) mass is 221 g/mol. The van der Waals surface area contributed by atoms with Crippen LogP contribution in [0.2, 0.25) is 0 Å². The zero-order valence-electron chi connectivity index (χ0n) is 9.21. The van der Waals surface area contributed by atoms with Gasteiger partial charge in [0.05, 0.1) is 6.19 Å². The summed E-state index contributed by atoms with van der Waals surface area (Å²) in [4.78, 5) is 23.8. The summed E-state index contributed by atoms with van der Waals surface area (Å²) < 4.78 is 0. The predicted octanol–water partition coefficient (Wildman–Crippen LogP) is -0.0408. The molecule has 1 aliphatic heterocycles. The van der Waals surface area contributed by atoms with Crippen LogP contribution in [0.4, 0.5) is 0 Å². The van der Waals surface area contributed by atoms with Crippen LogP contribution < -0.4 is 0 Å². The molecule has 86 valence electrons. The average Bonchev–Trinajstić information content (AvgIpc) is 2.85. The SMILES string of the molecule is O=CBN1CC2C3CCC(C3)C2[C@H]1C(=O)O. The molecule has 0 aromatic carbocycles. The highest BCUT2D eigenvalue weighted by Gasteiger charge is 2.57. The summed E-state index contributed by atoms with van der Waals surface area (Å²) in [6.45, 7) is 0.821. The number of carbonyl (C=O) groups excluding carboxylic acids is 1. The van der Waals surface area contributed by atoms with E-state index in [1.165, 1.54) is 19.3 Å². The number of carboxylic acids is 1. The third kappa shape index (κ3) is 1.27. The highest BCUT2D eigenvalue weighted by molar-refractivity contribution is 6.64. The lowest BCUT2D eigenvalue weighted by Gasteiger charge is -2.27. The third-order valence-corrected chi connectivity index (χ3v) is 4.92. The van der Waals surface area contributed by atoms with Gasteiger partial charge in [0.1, 0.15) is 6.04 Å². The molecule has 0 aromatic rings. The van der Waals surface area contributed by atoms with Crippen molar-refractivity contribution in [1.82, 2.24) is 4.81 Å². The largest absolute Gasteiger partial charge is 0.480 e. The number of nitrogens with zero attached hydrogens (tertiary/aromatic N) is 1. The number of carbonyl (C=O) groups is 2. The lowest BCUT2D eigenvalue weighted by molar-refractivity contribution is -0.142. The van der Waals surface area contributed by atoms with E-state index >= 15 is 0 Å². The molecule has 3 aliphatic rings. The van der Waals surface area contributed by atoms with Crippen LogP contribution in [0.1, 0.15) is 19.3 Å². The fraction of sp³-hybridized carbons (Fsp3) is 0.818. The molecule has 5 atom stereocenters. The van der Waals surface area contributed by atoms with Crippen molar-refractivity contribution in [1.29, 1.82) is 0 Å². The molecule has 0 radical (unpaired) electrons. The Bertz CT molecular complexity index is 335. The molecule has 2 saturated carbocycles. The standard InChI is InChI=1S/C11H16BNO3/c14-5-12-13-4-8-6-1-2-7(3-6)9(8)10(13)11(15)16/h5-10,12H,1-4H2,(H,15,16)/t6?,7?,8?,9?,10-/m0/s1. The first-order chi connectivity index (χ1) is 7.72. The second-order valence-electron chi connectivity index (χ2n) is 5.48. The van der Waals surface area contributed by atoms with Gasteiger partial charge in [0.25, 0.3) is 7.41 Å². The van der Waals surface area contributed by atoms with Gasteiger partial charge < -0.3 is 14.7 Å². The zero-order chi connectivity index (χ0) is 11.3. The number of rotatable bonds is 3. The molecule has 4 unspecified atom stereocenters. The fourth-order valence-corrected chi connectivity index (χ4v) is 4.45. The molecule has 2 bridgehead atoms. The number of aliphatic carboxylic acids is 1. The van der Waals surface area contributed by atoms with Crippen LogP contribution in [-0.4, -0.2) is 42.1 Å². The lowest BCUT2D eigenvalue weighted by atomic mass is 9.78. The summed E-state index contributed by atoms with van der Waals surface area (Å²) in [5.74, 6) is 1.46. The number of carboxylic acid groups (broad SMARTS) is 1. The van der Waals surface area contributed by atoms with E-state index in [9.17, 15) is 14.7 Å². The molecular weight excluding hydrogens is 205 g/mol. The normalized spacial score (nSPS) is 45.6. The molecular formula is C11H16BNO3. The van der Waals surface area contributed by atoms with Crippen LogP contribution >= 0.6 is 0 Å². The van der Waals surface area contributed by atoms with Gasteiger partial charge in [0, 0.05) is 0 Å². The average molecular weight is 221 g/mol. The topological polar surface area (TPSA) is 57.6 Å². The maximum atomic E-state index is 11.3. The molecule has 0 amide bonds. The van der Waals surface area contributed by atoms with Crippen molar-refractivity contribution < 1.29 is 14.7 Å². The van der Waals surface area contributed by atoms with E-state index in [-0.39, 0.29) is 7.41 Å². The highest BCUT2D eigenvalue weighted by Crippen LogP contribution is 2.57. The van der Waals surface area contributed by atoms with Gasteiger partial charge >= 0.3 is 5.97 Å². The maximum absolute atomic E-state index is 11.3. The third-order valence-electron chi connectivity index (χ3n) is 4.92. The highest BCUT2D eigenvalue weighted by atomic mass is 16.4. The molecule has 0 aromatic heterocycles. The van der Waals surface area contributed by atoms with Gasteiger partial charge in [0.15, 0.2) is 0 Å². The minimum Gasteiger partial charge on any atom is -0.480 e. The van der Waals surface area contributed by atoms with Gasteiger partial charge in [-0.3, -0.25) is 4.79 Å². The van der Waals surface area contributed by atoms with Crippen molar-refractivity contribution >= 4 is 19.6 Å². The summed E-state index contributed by atoms with van der Waals surface area (Å²) in [5, 5.41) is 9.33. The first-order valence-electron chi connectivity index (χ1n) is 6.13. The van der Waals surface area contributed by atoms with E-state index in [4.69, 9.17) is 0 Å². The fourth-order valence-electron chi connectivity index (χ4n) is 4.45. The molecule has 3 fully saturated rings. The van der Waals surface area contributed by atoms with Crippen LogP contribution in [0.25, 0.3) is 0 Å². The minimum atomic E-state index is -0.734. The molecule has 1 saturated heterocycles. The van der Waals surface area contributed by atoms with Crippen LogP contribution in [-0.2, 0) is 9.59 Å². The zero-order valence-corrected chi connectivity index (χ0v) is 9.21. The van der Waals surface area contributed by atoms with Crippen molar-refractivity contribution in [3.05, 3.63) is 0 Å². The molecule has 16 heavy (non-hydrogen) atoms. The first kappa shape index (κ1) is 10.3. The smallest absolute Gasteiger partial charge is 0.320 e. The summed E-state index contributed by atoms with van der Waals surface area (Å²) in [6.07, 6.45) is 4.53. The maximum Gasteiger partial charge on any atom is 0.320 e. The number of hydrogen-bond donors (Lipinski definition) is 1. The Morgan fingerprint density at radius 3 is 2.81 bits per heavy atom. The summed E-state index contributed by atoms with van der Waals surface area (Å²) >= 11 is 0. The van der Waals surface area contributed by atoms with E-state index in [1.54, 1.807) is 0 Å². The van der Waals surface area contributed by atoms with E-state index in [0.717, 1.165) is 18.6 Å². The Morgan fingerprint density at radius 1 is 1.38 bits per heavy atom. The first-order valence-corrected chi connectivity index (χ1v) is 6.13. The Labute approximate surface area is 95.3 Å². The Kier molecular flexibility index (Phi) is 2.31. The van der Waals surface area contributed by atoms with E-state index in [2.05, 4.69) is 0 Å².